The topological polar surface area (TPSA) is 0 Å². The van der Waals surface area contributed by atoms with Gasteiger partial charge >= 0.3 is 0 Å². The summed E-state index contributed by atoms with van der Waals surface area (Å²) in [4.78, 5) is 0. The Morgan fingerprint density at radius 3 is 1.33 bits per heavy atom. The van der Waals surface area contributed by atoms with Crippen molar-refractivity contribution >= 4 is 0 Å². The maximum absolute atomic E-state index is 2.27. The molecule has 0 nitrogen and oxygen atoms in total. The molecule has 0 aromatic heterocycles. The summed E-state index contributed by atoms with van der Waals surface area (Å²) in [5.74, 6) is 0. The molecule has 0 N–H and O–H groups in total. The molecular weight excluding hydrogens is 144 g/mol. The minimum Gasteiger partial charge on any atom is -0.0882 e. The first-order valence-electron chi connectivity index (χ1n) is 4.63. The van der Waals surface area contributed by atoms with Crippen LogP contribution in [-0.2, 0) is 0 Å². The van der Waals surface area contributed by atoms with E-state index in [1.165, 1.54) is 12.8 Å². The van der Waals surface area contributed by atoms with Gasteiger partial charge in [0.25, 0.3) is 0 Å². The van der Waals surface area contributed by atoms with Crippen LogP contribution in [-0.4, -0.2) is 0 Å². The average molecular weight is 160 g/mol. The first kappa shape index (κ1) is 9.05. The number of allylic oxidation sites excluding steroid dienone is 8. The van der Waals surface area contributed by atoms with Gasteiger partial charge in [0.15, 0.2) is 0 Å². The predicted molar refractivity (Wildman–Crippen MR) is 55.0 cm³/mol. The van der Waals surface area contributed by atoms with E-state index in [1.54, 1.807) is 0 Å². The minimum atomic E-state index is 1.16. The van der Waals surface area contributed by atoms with Crippen LogP contribution in [0.25, 0.3) is 0 Å². The maximum atomic E-state index is 2.27. The molecular formula is C12H16. The molecule has 0 aliphatic heterocycles. The molecule has 0 aromatic rings. The Hall–Kier alpha value is -1.04. The molecule has 0 saturated heterocycles. The Balaban J connectivity index is 2.42. The summed E-state index contributed by atoms with van der Waals surface area (Å²) in [5.41, 5.74) is 0. The van der Waals surface area contributed by atoms with Gasteiger partial charge in [-0.2, -0.15) is 0 Å². The summed E-state index contributed by atoms with van der Waals surface area (Å²) in [6, 6.07) is 0. The highest BCUT2D eigenvalue weighted by atomic mass is 13.9. The van der Waals surface area contributed by atoms with Crippen LogP contribution in [0.4, 0.5) is 0 Å². The average Bonchev–Trinajstić information content (AvgIpc) is 2.05. The van der Waals surface area contributed by atoms with Crippen molar-refractivity contribution in [2.75, 3.05) is 0 Å². The number of hydrogen-bond acceptors (Lipinski definition) is 0. The smallest absolute Gasteiger partial charge is 0.0313 e. The molecule has 0 atom stereocenters. The molecule has 0 aromatic carbocycles. The number of rotatable bonds is 0. The Morgan fingerprint density at radius 2 is 0.833 bits per heavy atom. The van der Waals surface area contributed by atoms with Gasteiger partial charge in [0, 0.05) is 0 Å². The summed E-state index contributed by atoms with van der Waals surface area (Å²) in [5, 5.41) is 0. The highest BCUT2D eigenvalue weighted by Gasteiger charge is 1.78. The molecule has 0 amide bonds. The lowest BCUT2D eigenvalue weighted by molar-refractivity contribution is 1.00. The van der Waals surface area contributed by atoms with Crippen molar-refractivity contribution < 1.29 is 0 Å². The van der Waals surface area contributed by atoms with Gasteiger partial charge in [-0.3, -0.25) is 0 Å². The van der Waals surface area contributed by atoms with E-state index < -0.39 is 0 Å². The van der Waals surface area contributed by atoms with Crippen molar-refractivity contribution in [1.82, 2.24) is 0 Å². The molecule has 0 bridgehead atoms. The van der Waals surface area contributed by atoms with Crippen LogP contribution in [0.1, 0.15) is 25.7 Å². The lowest BCUT2D eigenvalue weighted by Gasteiger charge is -1.89. The van der Waals surface area contributed by atoms with Gasteiger partial charge in [-0.1, -0.05) is 48.6 Å². The summed E-state index contributed by atoms with van der Waals surface area (Å²) in [6.07, 6.45) is 22.0. The van der Waals surface area contributed by atoms with E-state index >= 15 is 0 Å². The van der Waals surface area contributed by atoms with Crippen LogP contribution in [0.2, 0.25) is 0 Å². The highest BCUT2D eigenvalue weighted by Crippen LogP contribution is 1.99. The molecule has 12 heavy (non-hydrogen) atoms. The summed E-state index contributed by atoms with van der Waals surface area (Å²) in [6.45, 7) is 0. The van der Waals surface area contributed by atoms with E-state index in [1.807, 2.05) is 0 Å². The second kappa shape index (κ2) is 6.66. The van der Waals surface area contributed by atoms with E-state index in [-0.39, 0.29) is 0 Å². The molecule has 64 valence electrons. The van der Waals surface area contributed by atoms with Crippen LogP contribution in [0.5, 0.6) is 0 Å². The van der Waals surface area contributed by atoms with Gasteiger partial charge in [0.1, 0.15) is 0 Å². The first-order chi connectivity index (χ1) is 6.00. The van der Waals surface area contributed by atoms with Crippen LogP contribution < -0.4 is 0 Å². The van der Waals surface area contributed by atoms with Crippen LogP contribution in [0.15, 0.2) is 48.6 Å². The minimum absolute atomic E-state index is 1.16. The Labute approximate surface area is 75.0 Å². The highest BCUT2D eigenvalue weighted by molar-refractivity contribution is 5.11. The van der Waals surface area contributed by atoms with E-state index in [0.29, 0.717) is 0 Å². The van der Waals surface area contributed by atoms with Crippen molar-refractivity contribution in [1.29, 1.82) is 0 Å². The third-order valence-corrected chi connectivity index (χ3v) is 1.77. The zero-order valence-electron chi connectivity index (χ0n) is 7.45. The van der Waals surface area contributed by atoms with Gasteiger partial charge in [-0.25, -0.2) is 0 Å². The van der Waals surface area contributed by atoms with Gasteiger partial charge in [0.05, 0.1) is 0 Å². The fourth-order valence-corrected chi connectivity index (χ4v) is 1.10. The third kappa shape index (κ3) is 4.73. The molecule has 0 saturated carbocycles. The molecule has 0 heterocycles. The summed E-state index contributed by atoms with van der Waals surface area (Å²) < 4.78 is 0. The molecule has 0 heteroatoms. The summed E-state index contributed by atoms with van der Waals surface area (Å²) in [7, 11) is 0. The Kier molecular flexibility index (Phi) is 5.02. The van der Waals surface area contributed by atoms with Gasteiger partial charge in [-0.05, 0) is 25.7 Å². The standard InChI is InChI=1S/C12H16/c1-2-4-6-8-10-12-11-9-7-5-3-1/h1-6,11-12H,7-10H2/b2-1-,5-3?,6-4?,12-11?. The first-order valence-corrected chi connectivity index (χ1v) is 4.63. The second-order valence-electron chi connectivity index (χ2n) is 2.87. The van der Waals surface area contributed by atoms with Crippen LogP contribution in [0, 0.1) is 0 Å². The normalized spacial score (nSPS) is 21.3. The van der Waals surface area contributed by atoms with Gasteiger partial charge < -0.3 is 0 Å². The van der Waals surface area contributed by atoms with Gasteiger partial charge in [-0.15, -0.1) is 0 Å². The molecule has 0 fully saturated rings. The van der Waals surface area contributed by atoms with Crippen LogP contribution in [0.3, 0.4) is 0 Å². The van der Waals surface area contributed by atoms with Crippen LogP contribution >= 0.6 is 0 Å². The lowest BCUT2D eigenvalue weighted by Crippen LogP contribution is -1.68. The van der Waals surface area contributed by atoms with E-state index in [9.17, 15) is 0 Å². The molecule has 0 unspecified atom stereocenters. The van der Waals surface area contributed by atoms with E-state index in [0.717, 1.165) is 12.8 Å². The molecule has 1 aliphatic rings. The zero-order chi connectivity index (χ0) is 8.49. The third-order valence-electron chi connectivity index (χ3n) is 1.77. The summed E-state index contributed by atoms with van der Waals surface area (Å²) >= 11 is 0. The monoisotopic (exact) mass is 160 g/mol. The fourth-order valence-electron chi connectivity index (χ4n) is 1.10. The van der Waals surface area contributed by atoms with Crippen molar-refractivity contribution in [2.24, 2.45) is 0 Å². The second-order valence-corrected chi connectivity index (χ2v) is 2.87. The van der Waals surface area contributed by atoms with Gasteiger partial charge in [0.2, 0.25) is 0 Å². The SMILES string of the molecule is C1=CCCC=CCCC=C/C=C\1. The van der Waals surface area contributed by atoms with E-state index in [2.05, 4.69) is 48.6 Å². The predicted octanol–water partition coefficient (Wildman–Crippen LogP) is 3.79. The van der Waals surface area contributed by atoms with Crippen molar-refractivity contribution in [3.63, 3.8) is 0 Å². The van der Waals surface area contributed by atoms with Crippen molar-refractivity contribution in [3.05, 3.63) is 48.6 Å². The Bertz CT molecular complexity index is 182. The molecule has 0 spiro atoms. The quantitative estimate of drug-likeness (QED) is 0.473. The van der Waals surface area contributed by atoms with E-state index in [4.69, 9.17) is 0 Å². The molecule has 1 aliphatic carbocycles. The zero-order valence-corrected chi connectivity index (χ0v) is 7.45. The van der Waals surface area contributed by atoms with Crippen molar-refractivity contribution in [3.8, 4) is 0 Å². The number of hydrogen-bond donors (Lipinski definition) is 0. The lowest BCUT2D eigenvalue weighted by atomic mass is 10.2. The van der Waals surface area contributed by atoms with Crippen molar-refractivity contribution in [2.45, 2.75) is 25.7 Å². The largest absolute Gasteiger partial charge is 0.0882 e. The molecule has 0 radical (unpaired) electrons. The molecule has 1 rings (SSSR count). The fraction of sp³-hybridized carbons (Fsp3) is 0.333. The Morgan fingerprint density at radius 1 is 0.417 bits per heavy atom. The maximum Gasteiger partial charge on any atom is -0.0313 e.